The lowest BCUT2D eigenvalue weighted by molar-refractivity contribution is -0.384. The lowest BCUT2D eigenvalue weighted by Crippen LogP contribution is -2.20. The van der Waals surface area contributed by atoms with Gasteiger partial charge in [-0.05, 0) is 18.1 Å². The topological polar surface area (TPSA) is 101 Å². The van der Waals surface area contributed by atoms with E-state index >= 15 is 0 Å². The molecule has 1 aliphatic rings. The Hall–Kier alpha value is -3.73. The predicted octanol–water partition coefficient (Wildman–Crippen LogP) is 3.04. The number of para-hydroxylation sites is 2. The first kappa shape index (κ1) is 16.7. The lowest BCUT2D eigenvalue weighted by atomic mass is 9.99. The third-order valence-corrected chi connectivity index (χ3v) is 4.75. The predicted molar refractivity (Wildman–Crippen MR) is 98.7 cm³/mol. The Morgan fingerprint density at radius 1 is 1.11 bits per heavy atom. The maximum Gasteiger partial charge on any atom is 0.296 e. The number of nitriles is 1. The molecule has 4 rings (SSSR count). The van der Waals surface area contributed by atoms with Crippen LogP contribution in [0, 0.1) is 21.4 Å². The standard InChI is InChI=1S/C19H16N6O2/c20-12-16-19(23-11-10-15(13-23)14-6-2-1-3-7-14)22-24(21-16)17-8-4-5-9-18(17)25(26)27/h1-9,15H,10-11,13H2/t15-/m0/s1. The van der Waals surface area contributed by atoms with Crippen LogP contribution in [0.5, 0.6) is 0 Å². The fourth-order valence-corrected chi connectivity index (χ4v) is 3.43. The smallest absolute Gasteiger partial charge is 0.296 e. The molecule has 8 nitrogen and oxygen atoms in total. The van der Waals surface area contributed by atoms with Crippen molar-refractivity contribution in [3.05, 3.63) is 76.0 Å². The molecule has 0 spiro atoms. The number of anilines is 1. The molecule has 1 saturated heterocycles. The Morgan fingerprint density at radius 3 is 2.59 bits per heavy atom. The van der Waals surface area contributed by atoms with Crippen molar-refractivity contribution in [2.45, 2.75) is 12.3 Å². The van der Waals surface area contributed by atoms with E-state index < -0.39 is 4.92 Å². The number of aromatic nitrogens is 3. The Balaban J connectivity index is 1.66. The Bertz CT molecular complexity index is 1020. The molecule has 0 bridgehead atoms. The highest BCUT2D eigenvalue weighted by Crippen LogP contribution is 2.31. The van der Waals surface area contributed by atoms with Crippen LogP contribution in [-0.4, -0.2) is 33.0 Å². The molecule has 0 radical (unpaired) electrons. The molecular formula is C19H16N6O2. The van der Waals surface area contributed by atoms with Crippen LogP contribution in [0.15, 0.2) is 54.6 Å². The van der Waals surface area contributed by atoms with E-state index in [1.54, 1.807) is 18.2 Å². The van der Waals surface area contributed by atoms with Crippen molar-refractivity contribution >= 4 is 11.5 Å². The summed E-state index contributed by atoms with van der Waals surface area (Å²) in [7, 11) is 0. The molecular weight excluding hydrogens is 344 g/mol. The number of hydrogen-bond donors (Lipinski definition) is 0. The molecule has 1 aromatic heterocycles. The molecule has 0 N–H and O–H groups in total. The number of nitro groups is 1. The first-order valence-corrected chi connectivity index (χ1v) is 8.58. The van der Waals surface area contributed by atoms with Gasteiger partial charge in [0.15, 0.2) is 11.5 Å². The van der Waals surface area contributed by atoms with E-state index in [1.807, 2.05) is 23.1 Å². The van der Waals surface area contributed by atoms with Gasteiger partial charge in [0.05, 0.1) is 4.92 Å². The minimum atomic E-state index is -0.480. The highest BCUT2D eigenvalue weighted by Gasteiger charge is 2.29. The van der Waals surface area contributed by atoms with Crippen molar-refractivity contribution in [2.24, 2.45) is 0 Å². The van der Waals surface area contributed by atoms with Gasteiger partial charge in [0, 0.05) is 25.1 Å². The van der Waals surface area contributed by atoms with E-state index in [9.17, 15) is 15.4 Å². The van der Waals surface area contributed by atoms with E-state index in [2.05, 4.69) is 28.4 Å². The van der Waals surface area contributed by atoms with Crippen molar-refractivity contribution in [1.82, 2.24) is 15.0 Å². The lowest BCUT2D eigenvalue weighted by Gasteiger charge is -2.15. The van der Waals surface area contributed by atoms with Crippen molar-refractivity contribution in [2.75, 3.05) is 18.0 Å². The average Bonchev–Trinajstić information content (AvgIpc) is 3.35. The number of nitro benzene ring substituents is 1. The van der Waals surface area contributed by atoms with E-state index in [4.69, 9.17) is 0 Å². The van der Waals surface area contributed by atoms with Crippen LogP contribution in [0.2, 0.25) is 0 Å². The largest absolute Gasteiger partial charge is 0.352 e. The van der Waals surface area contributed by atoms with Gasteiger partial charge >= 0.3 is 0 Å². The quantitative estimate of drug-likeness (QED) is 0.523. The summed E-state index contributed by atoms with van der Waals surface area (Å²) in [5, 5.41) is 29.3. The van der Waals surface area contributed by atoms with E-state index in [0.717, 1.165) is 19.5 Å². The minimum Gasteiger partial charge on any atom is -0.352 e. The molecule has 0 unspecified atom stereocenters. The van der Waals surface area contributed by atoms with Crippen molar-refractivity contribution in [3.8, 4) is 11.8 Å². The maximum absolute atomic E-state index is 11.3. The van der Waals surface area contributed by atoms with Crippen LogP contribution in [-0.2, 0) is 0 Å². The zero-order chi connectivity index (χ0) is 18.8. The molecule has 0 aliphatic carbocycles. The number of nitrogens with zero attached hydrogens (tertiary/aromatic N) is 6. The normalized spacial score (nSPS) is 16.3. The van der Waals surface area contributed by atoms with Gasteiger partial charge in [-0.25, -0.2) is 0 Å². The fraction of sp³-hybridized carbons (Fsp3) is 0.211. The van der Waals surface area contributed by atoms with Gasteiger partial charge in [-0.15, -0.1) is 15.0 Å². The van der Waals surface area contributed by atoms with Crippen molar-refractivity contribution in [3.63, 3.8) is 0 Å². The van der Waals surface area contributed by atoms with Crippen LogP contribution >= 0.6 is 0 Å². The Morgan fingerprint density at radius 2 is 1.85 bits per heavy atom. The van der Waals surface area contributed by atoms with Gasteiger partial charge in [0.25, 0.3) is 5.69 Å². The highest BCUT2D eigenvalue weighted by molar-refractivity contribution is 5.55. The molecule has 27 heavy (non-hydrogen) atoms. The van der Waals surface area contributed by atoms with Gasteiger partial charge in [-0.2, -0.15) is 5.26 Å². The summed E-state index contributed by atoms with van der Waals surface area (Å²) in [4.78, 5) is 14.0. The van der Waals surface area contributed by atoms with Gasteiger partial charge in [-0.3, -0.25) is 10.1 Å². The van der Waals surface area contributed by atoms with Gasteiger partial charge in [-0.1, -0.05) is 42.5 Å². The molecule has 1 fully saturated rings. The highest BCUT2D eigenvalue weighted by atomic mass is 16.6. The molecule has 8 heteroatoms. The number of benzene rings is 2. The molecule has 1 aliphatic heterocycles. The summed E-state index contributed by atoms with van der Waals surface area (Å²) >= 11 is 0. The molecule has 134 valence electrons. The van der Waals surface area contributed by atoms with Crippen LogP contribution in [0.3, 0.4) is 0 Å². The second kappa shape index (κ2) is 6.88. The van der Waals surface area contributed by atoms with Gasteiger partial charge in [0.1, 0.15) is 6.07 Å². The SMILES string of the molecule is N#Cc1nn(-c2ccccc2[N+](=O)[O-])nc1N1CC[C@H](c2ccccc2)C1. The van der Waals surface area contributed by atoms with Crippen LogP contribution in [0.4, 0.5) is 11.5 Å². The molecule has 2 heterocycles. The van der Waals surface area contributed by atoms with E-state index in [0.29, 0.717) is 11.7 Å². The molecule has 3 aromatic rings. The van der Waals surface area contributed by atoms with Crippen molar-refractivity contribution < 1.29 is 4.92 Å². The summed E-state index contributed by atoms with van der Waals surface area (Å²) in [6.07, 6.45) is 0.952. The third-order valence-electron chi connectivity index (χ3n) is 4.75. The number of rotatable bonds is 4. The van der Waals surface area contributed by atoms with Gasteiger partial charge < -0.3 is 4.90 Å². The molecule has 0 saturated carbocycles. The average molecular weight is 360 g/mol. The second-order valence-corrected chi connectivity index (χ2v) is 6.36. The minimum absolute atomic E-state index is 0.105. The summed E-state index contributed by atoms with van der Waals surface area (Å²) in [5.74, 6) is 0.822. The summed E-state index contributed by atoms with van der Waals surface area (Å²) in [6.45, 7) is 1.48. The summed E-state index contributed by atoms with van der Waals surface area (Å²) in [6, 6.07) is 18.5. The third kappa shape index (κ3) is 3.11. The molecule has 1 atom stereocenters. The van der Waals surface area contributed by atoms with E-state index in [1.165, 1.54) is 16.4 Å². The Labute approximate surface area is 155 Å². The zero-order valence-corrected chi connectivity index (χ0v) is 14.4. The fourth-order valence-electron chi connectivity index (χ4n) is 3.43. The van der Waals surface area contributed by atoms with Gasteiger partial charge in [0.2, 0.25) is 5.69 Å². The van der Waals surface area contributed by atoms with Crippen molar-refractivity contribution in [1.29, 1.82) is 5.26 Å². The number of hydrogen-bond acceptors (Lipinski definition) is 6. The zero-order valence-electron chi connectivity index (χ0n) is 14.4. The second-order valence-electron chi connectivity index (χ2n) is 6.36. The van der Waals surface area contributed by atoms with Crippen LogP contribution in [0.25, 0.3) is 5.69 Å². The molecule has 0 amide bonds. The van der Waals surface area contributed by atoms with E-state index in [-0.39, 0.29) is 17.1 Å². The first-order valence-electron chi connectivity index (χ1n) is 8.58. The summed E-state index contributed by atoms with van der Waals surface area (Å²) < 4.78 is 0. The van der Waals surface area contributed by atoms with Crippen LogP contribution in [0.1, 0.15) is 23.6 Å². The monoisotopic (exact) mass is 360 g/mol. The van der Waals surface area contributed by atoms with Crippen LogP contribution < -0.4 is 4.90 Å². The first-order chi connectivity index (χ1) is 13.2. The molecule has 2 aromatic carbocycles. The Kier molecular flexibility index (Phi) is 4.26. The maximum atomic E-state index is 11.3. The summed E-state index contributed by atoms with van der Waals surface area (Å²) in [5.41, 5.74) is 1.56.